The highest BCUT2D eigenvalue weighted by molar-refractivity contribution is 4.84. The molecule has 0 rings (SSSR count). The minimum absolute atomic E-state index is 0.339. The number of hydrogen-bond acceptors (Lipinski definition) is 2. The van der Waals surface area contributed by atoms with Gasteiger partial charge in [0.15, 0.2) is 6.19 Å². The predicted molar refractivity (Wildman–Crippen MR) is 51.6 cm³/mol. The Morgan fingerprint density at radius 3 is 2.17 bits per heavy atom. The molecule has 0 saturated heterocycles. The Morgan fingerprint density at radius 2 is 1.92 bits per heavy atom. The third-order valence-electron chi connectivity index (χ3n) is 2.16. The summed E-state index contributed by atoms with van der Waals surface area (Å²) >= 11 is 0. The zero-order valence-corrected chi connectivity index (χ0v) is 8.67. The van der Waals surface area contributed by atoms with E-state index in [4.69, 9.17) is 5.26 Å². The van der Waals surface area contributed by atoms with Gasteiger partial charge in [0.25, 0.3) is 0 Å². The van der Waals surface area contributed by atoms with Crippen LogP contribution in [-0.4, -0.2) is 17.0 Å². The Bertz CT molecular complexity index is 146. The summed E-state index contributed by atoms with van der Waals surface area (Å²) in [4.78, 5) is 1.91. The van der Waals surface area contributed by atoms with E-state index < -0.39 is 0 Å². The summed E-state index contributed by atoms with van der Waals surface area (Å²) in [6, 6.07) is 0.784. The van der Waals surface area contributed by atoms with Crippen LogP contribution in [0.3, 0.4) is 0 Å². The van der Waals surface area contributed by atoms with Crippen molar-refractivity contribution in [1.29, 1.82) is 5.26 Å². The van der Waals surface area contributed by atoms with Gasteiger partial charge < -0.3 is 4.90 Å². The quantitative estimate of drug-likeness (QED) is 0.466. The first-order valence-corrected chi connectivity index (χ1v) is 4.85. The van der Waals surface area contributed by atoms with E-state index in [0.717, 1.165) is 19.3 Å². The molecule has 0 aromatic heterocycles. The Hall–Kier alpha value is -0.710. The van der Waals surface area contributed by atoms with Crippen molar-refractivity contribution in [2.45, 2.75) is 59.0 Å². The van der Waals surface area contributed by atoms with Gasteiger partial charge in [-0.15, -0.1) is 0 Å². The largest absolute Gasteiger partial charge is 0.305 e. The van der Waals surface area contributed by atoms with E-state index in [-0.39, 0.29) is 0 Å². The molecule has 0 radical (unpaired) electrons. The van der Waals surface area contributed by atoms with Crippen molar-refractivity contribution in [2.24, 2.45) is 0 Å². The molecule has 70 valence electrons. The number of nitriles is 1. The van der Waals surface area contributed by atoms with Crippen LogP contribution >= 0.6 is 0 Å². The first-order valence-electron chi connectivity index (χ1n) is 4.85. The van der Waals surface area contributed by atoms with Crippen molar-refractivity contribution in [3.05, 3.63) is 0 Å². The molecule has 0 bridgehead atoms. The van der Waals surface area contributed by atoms with Crippen molar-refractivity contribution in [3.63, 3.8) is 0 Å². The molecule has 0 heterocycles. The van der Waals surface area contributed by atoms with Crippen molar-refractivity contribution >= 4 is 0 Å². The van der Waals surface area contributed by atoms with Gasteiger partial charge >= 0.3 is 0 Å². The molecule has 0 saturated carbocycles. The molecule has 0 amide bonds. The lowest BCUT2D eigenvalue weighted by Crippen LogP contribution is -2.36. The molecular formula is C10H20N2. The molecule has 0 aromatic rings. The average molecular weight is 168 g/mol. The molecule has 0 fully saturated rings. The fourth-order valence-electron chi connectivity index (χ4n) is 1.49. The Morgan fingerprint density at radius 1 is 1.33 bits per heavy atom. The average Bonchev–Trinajstić information content (AvgIpc) is 2.03. The molecule has 2 nitrogen and oxygen atoms in total. The zero-order chi connectivity index (χ0) is 9.56. The molecule has 0 aliphatic carbocycles. The van der Waals surface area contributed by atoms with Crippen LogP contribution in [0.5, 0.6) is 0 Å². The molecule has 0 N–H and O–H groups in total. The summed E-state index contributed by atoms with van der Waals surface area (Å²) in [5, 5.41) is 8.90. The van der Waals surface area contributed by atoms with Gasteiger partial charge in [0.2, 0.25) is 0 Å². The fourth-order valence-corrected chi connectivity index (χ4v) is 1.49. The van der Waals surface area contributed by atoms with Gasteiger partial charge in [-0.25, -0.2) is 0 Å². The van der Waals surface area contributed by atoms with Crippen LogP contribution in [0, 0.1) is 11.5 Å². The molecule has 0 aliphatic heterocycles. The van der Waals surface area contributed by atoms with Crippen LogP contribution in [-0.2, 0) is 0 Å². The van der Waals surface area contributed by atoms with Crippen LogP contribution in [0.25, 0.3) is 0 Å². The van der Waals surface area contributed by atoms with E-state index in [2.05, 4.69) is 33.9 Å². The van der Waals surface area contributed by atoms with Gasteiger partial charge in [-0.3, -0.25) is 0 Å². The van der Waals surface area contributed by atoms with Crippen LogP contribution in [0.4, 0.5) is 0 Å². The maximum absolute atomic E-state index is 8.90. The molecule has 1 unspecified atom stereocenters. The minimum Gasteiger partial charge on any atom is -0.305 e. The van der Waals surface area contributed by atoms with Crippen LogP contribution in [0.15, 0.2) is 0 Å². The second-order valence-corrected chi connectivity index (χ2v) is 3.45. The Labute approximate surface area is 76.2 Å². The lowest BCUT2D eigenvalue weighted by atomic mass is 10.1. The van der Waals surface area contributed by atoms with E-state index in [1.165, 1.54) is 0 Å². The summed E-state index contributed by atoms with van der Waals surface area (Å²) < 4.78 is 0. The summed E-state index contributed by atoms with van der Waals surface area (Å²) in [5.74, 6) is 0. The smallest absolute Gasteiger partial charge is 0.179 e. The van der Waals surface area contributed by atoms with E-state index in [9.17, 15) is 0 Å². The van der Waals surface area contributed by atoms with Crippen molar-refractivity contribution in [2.75, 3.05) is 0 Å². The Balaban J connectivity index is 4.15. The standard InChI is InChI=1S/C10H20N2/c1-5-7-10(6-2)12(8-11)9(3)4/h9-10H,5-7H2,1-4H3. The minimum atomic E-state index is 0.339. The van der Waals surface area contributed by atoms with Crippen LogP contribution in [0.1, 0.15) is 47.0 Å². The summed E-state index contributed by atoms with van der Waals surface area (Å²) in [6.45, 7) is 8.45. The maximum Gasteiger partial charge on any atom is 0.179 e. The van der Waals surface area contributed by atoms with Gasteiger partial charge in [0.1, 0.15) is 0 Å². The Kier molecular flexibility index (Phi) is 5.53. The highest BCUT2D eigenvalue weighted by Crippen LogP contribution is 2.12. The van der Waals surface area contributed by atoms with Gasteiger partial charge in [-0.05, 0) is 26.7 Å². The molecule has 0 aliphatic rings. The third-order valence-corrected chi connectivity index (χ3v) is 2.16. The van der Waals surface area contributed by atoms with Gasteiger partial charge in [-0.1, -0.05) is 20.3 Å². The highest BCUT2D eigenvalue weighted by atomic mass is 15.2. The number of rotatable bonds is 5. The van der Waals surface area contributed by atoms with Gasteiger partial charge in [-0.2, -0.15) is 5.26 Å². The second-order valence-electron chi connectivity index (χ2n) is 3.45. The molecule has 1 atom stereocenters. The first kappa shape index (κ1) is 11.3. The second kappa shape index (κ2) is 5.88. The van der Waals surface area contributed by atoms with Gasteiger partial charge in [0.05, 0.1) is 0 Å². The monoisotopic (exact) mass is 168 g/mol. The highest BCUT2D eigenvalue weighted by Gasteiger charge is 2.16. The summed E-state index contributed by atoms with van der Waals surface area (Å²) in [6.07, 6.45) is 5.62. The van der Waals surface area contributed by atoms with E-state index >= 15 is 0 Å². The molecule has 12 heavy (non-hydrogen) atoms. The lowest BCUT2D eigenvalue weighted by Gasteiger charge is -2.29. The molecule has 0 aromatic carbocycles. The molecule has 0 spiro atoms. The van der Waals surface area contributed by atoms with E-state index in [1.807, 2.05) is 4.90 Å². The van der Waals surface area contributed by atoms with Crippen LogP contribution in [0.2, 0.25) is 0 Å². The normalized spacial score (nSPS) is 12.7. The zero-order valence-electron chi connectivity index (χ0n) is 8.67. The third kappa shape index (κ3) is 3.13. The lowest BCUT2D eigenvalue weighted by molar-refractivity contribution is 0.221. The van der Waals surface area contributed by atoms with Crippen LogP contribution < -0.4 is 0 Å². The number of nitrogens with zero attached hydrogens (tertiary/aromatic N) is 2. The van der Waals surface area contributed by atoms with E-state index in [1.54, 1.807) is 0 Å². The molecular weight excluding hydrogens is 148 g/mol. The topological polar surface area (TPSA) is 27.0 Å². The fraction of sp³-hybridized carbons (Fsp3) is 0.900. The number of hydrogen-bond donors (Lipinski definition) is 0. The van der Waals surface area contributed by atoms with Crippen molar-refractivity contribution in [3.8, 4) is 6.19 Å². The predicted octanol–water partition coefficient (Wildman–Crippen LogP) is 2.76. The van der Waals surface area contributed by atoms with Crippen molar-refractivity contribution < 1.29 is 0 Å². The summed E-state index contributed by atoms with van der Waals surface area (Å²) in [5.41, 5.74) is 0. The summed E-state index contributed by atoms with van der Waals surface area (Å²) in [7, 11) is 0. The molecule has 2 heteroatoms. The van der Waals surface area contributed by atoms with E-state index in [0.29, 0.717) is 12.1 Å². The first-order chi connectivity index (χ1) is 5.67. The van der Waals surface area contributed by atoms with Gasteiger partial charge in [0, 0.05) is 12.1 Å². The SMILES string of the molecule is CCCC(CC)N(C#N)C(C)C. The van der Waals surface area contributed by atoms with Crippen molar-refractivity contribution in [1.82, 2.24) is 4.90 Å². The maximum atomic E-state index is 8.90.